The molecule has 1 atom stereocenters. The Hall–Kier alpha value is -0.580. The first-order chi connectivity index (χ1) is 5.41. The molecule has 0 bridgehead atoms. The smallest absolute Gasteiger partial charge is 0.321 e. The van der Waals surface area contributed by atoms with E-state index >= 15 is 0 Å². The standard InChI is InChI=1S/C7H12O4S/c1-12(10,11)6(7(8)9)4-5-2-3-5/h5-6H,2-4H2,1H3,(H,8,9). The second-order valence-electron chi connectivity index (χ2n) is 3.34. The summed E-state index contributed by atoms with van der Waals surface area (Å²) in [6, 6.07) is 0. The molecule has 1 fully saturated rings. The molecule has 4 nitrogen and oxygen atoms in total. The van der Waals surface area contributed by atoms with Gasteiger partial charge in [0.15, 0.2) is 15.1 Å². The second-order valence-corrected chi connectivity index (χ2v) is 5.56. The fourth-order valence-electron chi connectivity index (χ4n) is 1.12. The fraction of sp³-hybridized carbons (Fsp3) is 0.857. The summed E-state index contributed by atoms with van der Waals surface area (Å²) in [6.07, 6.45) is 3.21. The van der Waals surface area contributed by atoms with E-state index in [0.29, 0.717) is 5.92 Å². The van der Waals surface area contributed by atoms with Gasteiger partial charge in [0.05, 0.1) is 0 Å². The zero-order chi connectivity index (χ0) is 9.35. The minimum Gasteiger partial charge on any atom is -0.480 e. The van der Waals surface area contributed by atoms with Crippen molar-refractivity contribution in [2.24, 2.45) is 5.92 Å². The molecule has 0 spiro atoms. The van der Waals surface area contributed by atoms with Crippen LogP contribution in [0.1, 0.15) is 19.3 Å². The third kappa shape index (κ3) is 2.48. The van der Waals surface area contributed by atoms with E-state index in [2.05, 4.69) is 0 Å². The van der Waals surface area contributed by atoms with Crippen LogP contribution in [0.3, 0.4) is 0 Å². The van der Waals surface area contributed by atoms with E-state index in [-0.39, 0.29) is 6.42 Å². The van der Waals surface area contributed by atoms with Crippen molar-refractivity contribution in [2.75, 3.05) is 6.26 Å². The normalized spacial score (nSPS) is 20.4. The van der Waals surface area contributed by atoms with Gasteiger partial charge in [-0.1, -0.05) is 12.8 Å². The lowest BCUT2D eigenvalue weighted by molar-refractivity contribution is -0.136. The van der Waals surface area contributed by atoms with Crippen molar-refractivity contribution < 1.29 is 18.3 Å². The third-order valence-corrected chi connectivity index (χ3v) is 3.46. The number of aliphatic carboxylic acids is 1. The van der Waals surface area contributed by atoms with Crippen molar-refractivity contribution in [1.82, 2.24) is 0 Å². The molecule has 5 heteroatoms. The van der Waals surface area contributed by atoms with Gasteiger partial charge in [-0.3, -0.25) is 4.79 Å². The highest BCUT2D eigenvalue weighted by Gasteiger charge is 2.35. The van der Waals surface area contributed by atoms with Gasteiger partial charge in [-0.25, -0.2) is 8.42 Å². The van der Waals surface area contributed by atoms with E-state index in [4.69, 9.17) is 5.11 Å². The summed E-state index contributed by atoms with van der Waals surface area (Å²) >= 11 is 0. The lowest BCUT2D eigenvalue weighted by Crippen LogP contribution is -2.29. The molecule has 0 heterocycles. The van der Waals surface area contributed by atoms with Crippen LogP contribution in [0.2, 0.25) is 0 Å². The Morgan fingerprint density at radius 3 is 2.33 bits per heavy atom. The highest BCUT2D eigenvalue weighted by molar-refractivity contribution is 7.92. The predicted molar refractivity (Wildman–Crippen MR) is 43.6 cm³/mol. The summed E-state index contributed by atoms with van der Waals surface area (Å²) in [4.78, 5) is 10.5. The highest BCUT2D eigenvalue weighted by atomic mass is 32.2. The van der Waals surface area contributed by atoms with E-state index < -0.39 is 21.1 Å². The first-order valence-electron chi connectivity index (χ1n) is 3.83. The average molecular weight is 192 g/mol. The van der Waals surface area contributed by atoms with Gasteiger partial charge >= 0.3 is 5.97 Å². The maximum atomic E-state index is 11.0. The summed E-state index contributed by atoms with van der Waals surface area (Å²) in [6.45, 7) is 0. The zero-order valence-electron chi connectivity index (χ0n) is 6.86. The monoisotopic (exact) mass is 192 g/mol. The van der Waals surface area contributed by atoms with Crippen molar-refractivity contribution in [3.8, 4) is 0 Å². The molecule has 1 N–H and O–H groups in total. The van der Waals surface area contributed by atoms with Gasteiger partial charge in [0, 0.05) is 6.26 Å². The highest BCUT2D eigenvalue weighted by Crippen LogP contribution is 2.34. The van der Waals surface area contributed by atoms with Crippen molar-refractivity contribution in [3.63, 3.8) is 0 Å². The minimum absolute atomic E-state index is 0.286. The molecule has 0 aromatic rings. The summed E-state index contributed by atoms with van der Waals surface area (Å²) in [5, 5.41) is 7.42. The largest absolute Gasteiger partial charge is 0.480 e. The number of hydrogen-bond donors (Lipinski definition) is 1. The van der Waals surface area contributed by atoms with Crippen molar-refractivity contribution in [3.05, 3.63) is 0 Å². The quantitative estimate of drug-likeness (QED) is 0.694. The SMILES string of the molecule is CS(=O)(=O)C(CC1CC1)C(=O)O. The maximum absolute atomic E-state index is 11.0. The molecule has 0 radical (unpaired) electrons. The van der Waals surface area contributed by atoms with Gasteiger partial charge < -0.3 is 5.11 Å². The van der Waals surface area contributed by atoms with E-state index in [9.17, 15) is 13.2 Å². The lowest BCUT2D eigenvalue weighted by Gasteiger charge is -2.08. The number of carboxylic acid groups (broad SMARTS) is 1. The first-order valence-corrected chi connectivity index (χ1v) is 5.78. The molecule has 1 aliphatic rings. The van der Waals surface area contributed by atoms with Crippen LogP contribution >= 0.6 is 0 Å². The van der Waals surface area contributed by atoms with Crippen LogP contribution < -0.4 is 0 Å². The molecule has 1 saturated carbocycles. The number of sulfone groups is 1. The Balaban J connectivity index is 2.66. The van der Waals surface area contributed by atoms with Gasteiger partial charge in [-0.2, -0.15) is 0 Å². The van der Waals surface area contributed by atoms with Gasteiger partial charge in [-0.15, -0.1) is 0 Å². The predicted octanol–water partition coefficient (Wildman–Crippen LogP) is 0.284. The van der Waals surface area contributed by atoms with Crippen molar-refractivity contribution in [2.45, 2.75) is 24.5 Å². The Kier molecular flexibility index (Phi) is 2.41. The number of hydrogen-bond acceptors (Lipinski definition) is 3. The molecule has 0 aromatic heterocycles. The topological polar surface area (TPSA) is 71.4 Å². The minimum atomic E-state index is -3.42. The van der Waals surface area contributed by atoms with Crippen LogP contribution in [0.15, 0.2) is 0 Å². The molecule has 1 rings (SSSR count). The van der Waals surface area contributed by atoms with Crippen LogP contribution in [0, 0.1) is 5.92 Å². The van der Waals surface area contributed by atoms with E-state index in [1.807, 2.05) is 0 Å². The molecule has 1 aliphatic carbocycles. The third-order valence-electron chi connectivity index (χ3n) is 2.04. The molecule has 12 heavy (non-hydrogen) atoms. The summed E-state index contributed by atoms with van der Waals surface area (Å²) in [7, 11) is -3.42. The summed E-state index contributed by atoms with van der Waals surface area (Å²) < 4.78 is 21.9. The van der Waals surface area contributed by atoms with E-state index in [1.165, 1.54) is 0 Å². The van der Waals surface area contributed by atoms with Crippen LogP contribution in [0.4, 0.5) is 0 Å². The number of carbonyl (C=O) groups is 1. The molecule has 0 saturated heterocycles. The van der Waals surface area contributed by atoms with Crippen molar-refractivity contribution >= 4 is 15.8 Å². The second kappa shape index (κ2) is 3.05. The Morgan fingerprint density at radius 2 is 2.08 bits per heavy atom. The van der Waals surface area contributed by atoms with Crippen LogP contribution in [-0.4, -0.2) is 31.0 Å². The molecule has 1 unspecified atom stereocenters. The van der Waals surface area contributed by atoms with Gasteiger partial charge in [0.2, 0.25) is 0 Å². The number of rotatable bonds is 4. The van der Waals surface area contributed by atoms with Crippen LogP contribution in [-0.2, 0) is 14.6 Å². The Labute approximate surface area is 71.5 Å². The Morgan fingerprint density at radius 1 is 1.58 bits per heavy atom. The van der Waals surface area contributed by atoms with Crippen LogP contribution in [0.25, 0.3) is 0 Å². The molecule has 0 aromatic carbocycles. The lowest BCUT2D eigenvalue weighted by atomic mass is 10.2. The Bertz CT molecular complexity index is 276. The fourth-order valence-corrected chi connectivity index (χ4v) is 2.10. The number of carboxylic acids is 1. The first kappa shape index (κ1) is 9.51. The zero-order valence-corrected chi connectivity index (χ0v) is 7.67. The maximum Gasteiger partial charge on any atom is 0.321 e. The molecule has 70 valence electrons. The van der Waals surface area contributed by atoms with Crippen molar-refractivity contribution in [1.29, 1.82) is 0 Å². The van der Waals surface area contributed by atoms with Gasteiger partial charge in [0.1, 0.15) is 0 Å². The molecule has 0 aliphatic heterocycles. The average Bonchev–Trinajstić information content (AvgIpc) is 2.61. The molecule has 0 amide bonds. The van der Waals surface area contributed by atoms with Gasteiger partial charge in [0.25, 0.3) is 0 Å². The molecular formula is C7H12O4S. The summed E-state index contributed by atoms with van der Waals surface area (Å²) in [5.41, 5.74) is 0. The van der Waals surface area contributed by atoms with E-state index in [1.54, 1.807) is 0 Å². The molecular weight excluding hydrogens is 180 g/mol. The summed E-state index contributed by atoms with van der Waals surface area (Å²) in [5.74, 6) is -0.898. The van der Waals surface area contributed by atoms with E-state index in [0.717, 1.165) is 19.1 Å². The van der Waals surface area contributed by atoms with Gasteiger partial charge in [-0.05, 0) is 12.3 Å². The van der Waals surface area contributed by atoms with Crippen LogP contribution in [0.5, 0.6) is 0 Å².